The Balaban J connectivity index is 1.70. The number of carbonyl (C=O) groups excluding carboxylic acids is 2. The summed E-state index contributed by atoms with van der Waals surface area (Å²) in [6.07, 6.45) is 0.116. The summed E-state index contributed by atoms with van der Waals surface area (Å²) in [7, 11) is -3.84. The van der Waals surface area contributed by atoms with E-state index in [1.54, 1.807) is 0 Å². The minimum atomic E-state index is -3.84. The Morgan fingerprint density at radius 2 is 1.75 bits per heavy atom. The molecule has 2 fully saturated rings. The van der Waals surface area contributed by atoms with E-state index in [1.165, 1.54) is 36.0 Å². The third kappa shape index (κ3) is 4.54. The molecule has 2 saturated heterocycles. The van der Waals surface area contributed by atoms with E-state index in [0.29, 0.717) is 23.1 Å². The predicted molar refractivity (Wildman–Crippen MR) is 110 cm³/mol. The lowest BCUT2D eigenvalue weighted by atomic mass is 10.2. The van der Waals surface area contributed by atoms with Crippen LogP contribution in [0.4, 0.5) is 5.69 Å². The number of ether oxygens (including phenoxy) is 1. The Bertz CT molecular complexity index is 893. The molecule has 2 aliphatic rings. The first-order valence-corrected chi connectivity index (χ1v) is 11.5. The van der Waals surface area contributed by atoms with Crippen LogP contribution in [0.25, 0.3) is 0 Å². The van der Waals surface area contributed by atoms with Gasteiger partial charge in [0, 0.05) is 19.5 Å². The molecule has 152 valence electrons. The molecule has 0 radical (unpaired) electrons. The lowest BCUT2D eigenvalue weighted by Crippen LogP contribution is -2.47. The van der Waals surface area contributed by atoms with Crippen LogP contribution in [-0.2, 0) is 24.3 Å². The number of imide groups is 1. The summed E-state index contributed by atoms with van der Waals surface area (Å²) in [4.78, 5) is 28.2. The highest BCUT2D eigenvalue weighted by Crippen LogP contribution is 2.32. The Kier molecular flexibility index (Phi) is 6.11. The van der Waals surface area contributed by atoms with Gasteiger partial charge in [-0.05, 0) is 38.1 Å². The number of morpholine rings is 1. The van der Waals surface area contributed by atoms with Gasteiger partial charge in [0.25, 0.3) is 0 Å². The van der Waals surface area contributed by atoms with Crippen LogP contribution in [0.1, 0.15) is 20.3 Å². The molecule has 2 heterocycles. The van der Waals surface area contributed by atoms with E-state index in [-0.39, 0.29) is 35.3 Å². The number of thiocarbonyl (C=S) groups is 1. The highest BCUT2D eigenvalue weighted by atomic mass is 32.2. The Morgan fingerprint density at radius 3 is 2.29 bits per heavy atom. The second kappa shape index (κ2) is 8.07. The molecule has 8 nitrogen and oxygen atoms in total. The number of nitrogens with two attached hydrogens (primary N) is 1. The fraction of sp³-hybridized carbons (Fsp3) is 0.471. The van der Waals surface area contributed by atoms with Crippen LogP contribution >= 0.6 is 24.0 Å². The van der Waals surface area contributed by atoms with Crippen LogP contribution in [0, 0.1) is 0 Å². The van der Waals surface area contributed by atoms with Crippen LogP contribution in [0.2, 0.25) is 0 Å². The largest absolute Gasteiger partial charge is 0.372 e. The first kappa shape index (κ1) is 21.2. The van der Waals surface area contributed by atoms with E-state index >= 15 is 0 Å². The quantitative estimate of drug-likeness (QED) is 0.546. The summed E-state index contributed by atoms with van der Waals surface area (Å²) < 4.78 is 29.0. The molecule has 0 aromatic heterocycles. The van der Waals surface area contributed by atoms with Gasteiger partial charge in [0.1, 0.15) is 9.57 Å². The first-order valence-electron chi connectivity index (χ1n) is 8.67. The van der Waals surface area contributed by atoms with Crippen molar-refractivity contribution in [3.8, 4) is 0 Å². The number of hydrogen-bond donors (Lipinski definition) is 1. The van der Waals surface area contributed by atoms with E-state index in [1.807, 2.05) is 18.7 Å². The molecule has 0 saturated carbocycles. The molecular weight excluding hydrogens is 422 g/mol. The van der Waals surface area contributed by atoms with E-state index in [4.69, 9.17) is 22.1 Å². The number of nitrogens with zero attached hydrogens (tertiary/aromatic N) is 2. The van der Waals surface area contributed by atoms with Gasteiger partial charge in [-0.25, -0.2) is 18.5 Å². The van der Waals surface area contributed by atoms with E-state index in [2.05, 4.69) is 0 Å². The number of primary sulfonamides is 1. The molecule has 1 aromatic rings. The molecule has 3 atom stereocenters. The number of benzene rings is 1. The SMILES string of the molecule is C[C@@H]1CN(C(=S)S[C@@H]2CC(=O)N(c3ccc(S(N)(=O)=O)cc3)C2=O)C[C@H](C)O1. The number of amides is 2. The van der Waals surface area contributed by atoms with Crippen LogP contribution in [0.3, 0.4) is 0 Å². The van der Waals surface area contributed by atoms with E-state index in [0.717, 1.165) is 4.90 Å². The van der Waals surface area contributed by atoms with Gasteiger partial charge in [-0.2, -0.15) is 0 Å². The third-order valence-corrected chi connectivity index (χ3v) is 7.04. The molecule has 1 aromatic carbocycles. The maximum Gasteiger partial charge on any atom is 0.247 e. The van der Waals surface area contributed by atoms with Crippen molar-refractivity contribution in [1.29, 1.82) is 0 Å². The van der Waals surface area contributed by atoms with Crippen molar-refractivity contribution < 1.29 is 22.7 Å². The monoisotopic (exact) mass is 443 g/mol. The van der Waals surface area contributed by atoms with Gasteiger partial charge in [-0.3, -0.25) is 9.59 Å². The zero-order chi connectivity index (χ0) is 20.6. The second-order valence-corrected chi connectivity index (χ2v) is 10.2. The van der Waals surface area contributed by atoms with Gasteiger partial charge >= 0.3 is 0 Å². The summed E-state index contributed by atoms with van der Waals surface area (Å²) >= 11 is 6.70. The molecule has 0 unspecified atom stereocenters. The van der Waals surface area contributed by atoms with Gasteiger partial charge in [0.05, 0.1) is 22.8 Å². The molecular formula is C17H21N3O5S3. The Hall–Kier alpha value is -1.53. The molecule has 2 amide bonds. The van der Waals surface area contributed by atoms with E-state index < -0.39 is 15.3 Å². The first-order chi connectivity index (χ1) is 13.1. The van der Waals surface area contributed by atoms with Crippen LogP contribution in [0.5, 0.6) is 0 Å². The standard InChI is InChI=1S/C17H21N3O5S3/c1-10-8-19(9-11(2)25-10)17(26)27-14-7-15(21)20(16(14)22)12-3-5-13(6-4-12)28(18,23)24/h3-6,10-11,14H,7-9H2,1-2H3,(H2,18,23,24)/t10-,11+,14-/m1/s1. The van der Waals surface area contributed by atoms with Crippen molar-refractivity contribution in [2.45, 2.75) is 42.6 Å². The van der Waals surface area contributed by atoms with Crippen molar-refractivity contribution in [2.75, 3.05) is 18.0 Å². The number of thioether (sulfide) groups is 1. The summed E-state index contributed by atoms with van der Waals surface area (Å²) in [5, 5.41) is 4.47. The average Bonchev–Trinajstić information content (AvgIpc) is 2.87. The number of sulfonamides is 1. The number of rotatable bonds is 3. The van der Waals surface area contributed by atoms with Crippen molar-refractivity contribution >= 4 is 55.8 Å². The summed E-state index contributed by atoms with van der Waals surface area (Å²) in [6, 6.07) is 5.33. The van der Waals surface area contributed by atoms with Gasteiger partial charge in [-0.15, -0.1) is 0 Å². The smallest absolute Gasteiger partial charge is 0.247 e. The minimum absolute atomic E-state index is 0.0377. The highest BCUT2D eigenvalue weighted by Gasteiger charge is 2.41. The topological polar surface area (TPSA) is 110 Å². The lowest BCUT2D eigenvalue weighted by Gasteiger charge is -2.36. The Labute approximate surface area is 173 Å². The van der Waals surface area contributed by atoms with Crippen molar-refractivity contribution in [3.63, 3.8) is 0 Å². The third-order valence-electron chi connectivity index (χ3n) is 4.45. The molecule has 2 N–H and O–H groups in total. The van der Waals surface area contributed by atoms with Crippen LogP contribution in [0.15, 0.2) is 29.2 Å². The lowest BCUT2D eigenvalue weighted by molar-refractivity contribution is -0.121. The van der Waals surface area contributed by atoms with Gasteiger partial charge in [0.2, 0.25) is 21.8 Å². The van der Waals surface area contributed by atoms with Crippen molar-refractivity contribution in [2.24, 2.45) is 5.14 Å². The molecule has 0 aliphatic carbocycles. The number of anilines is 1. The van der Waals surface area contributed by atoms with Crippen LogP contribution < -0.4 is 10.0 Å². The fourth-order valence-corrected chi connectivity index (χ4v) is 5.26. The molecule has 28 heavy (non-hydrogen) atoms. The molecule has 0 bridgehead atoms. The number of hydrogen-bond acceptors (Lipinski definition) is 7. The average molecular weight is 444 g/mol. The van der Waals surface area contributed by atoms with Gasteiger partial charge in [0.15, 0.2) is 0 Å². The predicted octanol–water partition coefficient (Wildman–Crippen LogP) is 1.09. The maximum absolute atomic E-state index is 12.8. The molecule has 11 heteroatoms. The maximum atomic E-state index is 12.8. The van der Waals surface area contributed by atoms with Gasteiger partial charge in [-0.1, -0.05) is 24.0 Å². The van der Waals surface area contributed by atoms with Crippen molar-refractivity contribution in [3.05, 3.63) is 24.3 Å². The number of carbonyl (C=O) groups is 2. The van der Waals surface area contributed by atoms with Gasteiger partial charge < -0.3 is 9.64 Å². The van der Waals surface area contributed by atoms with E-state index in [9.17, 15) is 18.0 Å². The second-order valence-electron chi connectivity index (χ2n) is 6.85. The zero-order valence-electron chi connectivity index (χ0n) is 15.4. The van der Waals surface area contributed by atoms with Crippen molar-refractivity contribution in [1.82, 2.24) is 4.90 Å². The molecule has 2 aliphatic heterocycles. The zero-order valence-corrected chi connectivity index (χ0v) is 17.9. The molecule has 0 spiro atoms. The summed E-state index contributed by atoms with van der Waals surface area (Å²) in [6.45, 7) is 5.22. The normalized spacial score (nSPS) is 26.0. The fourth-order valence-electron chi connectivity index (χ4n) is 3.28. The highest BCUT2D eigenvalue weighted by molar-refractivity contribution is 8.23. The van der Waals surface area contributed by atoms with Crippen LogP contribution in [-0.4, -0.2) is 60.0 Å². The minimum Gasteiger partial charge on any atom is -0.372 e. The summed E-state index contributed by atoms with van der Waals surface area (Å²) in [5.74, 6) is -0.715. The molecule has 3 rings (SSSR count). The Morgan fingerprint density at radius 1 is 1.18 bits per heavy atom. The summed E-state index contributed by atoms with van der Waals surface area (Å²) in [5.41, 5.74) is 0.310.